The highest BCUT2D eigenvalue weighted by Crippen LogP contribution is 2.22. The maximum atomic E-state index is 12.4. The van der Waals surface area contributed by atoms with Gasteiger partial charge in [-0.1, -0.05) is 6.07 Å². The van der Waals surface area contributed by atoms with Gasteiger partial charge in [-0.25, -0.2) is 0 Å². The topological polar surface area (TPSA) is 55.8 Å². The Labute approximate surface area is 122 Å². The maximum Gasteiger partial charge on any atom is 0.320 e. The van der Waals surface area contributed by atoms with Crippen LogP contribution in [0.4, 0.5) is 0 Å². The first-order valence-electron chi connectivity index (χ1n) is 6.28. The second-order valence-electron chi connectivity index (χ2n) is 4.37. The molecule has 0 aliphatic carbocycles. The van der Waals surface area contributed by atoms with Crippen molar-refractivity contribution in [3.8, 4) is 5.75 Å². The summed E-state index contributed by atoms with van der Waals surface area (Å²) in [4.78, 5) is 25.7. The second-order valence-corrected chi connectivity index (χ2v) is 5.68. The Kier molecular flexibility index (Phi) is 4.89. The summed E-state index contributed by atoms with van der Waals surface area (Å²) in [6.07, 6.45) is 0. The molecule has 6 heteroatoms. The van der Waals surface area contributed by atoms with E-state index in [9.17, 15) is 9.59 Å². The molecule has 1 saturated heterocycles. The van der Waals surface area contributed by atoms with E-state index in [1.165, 1.54) is 18.9 Å². The fourth-order valence-electron chi connectivity index (χ4n) is 2.05. The Balaban J connectivity index is 2.10. The van der Waals surface area contributed by atoms with Crippen LogP contribution in [0.5, 0.6) is 5.75 Å². The summed E-state index contributed by atoms with van der Waals surface area (Å²) in [6, 6.07) is 7.03. The largest absolute Gasteiger partial charge is 0.497 e. The molecule has 2 rings (SSSR count). The molecule has 0 bridgehead atoms. The highest BCUT2D eigenvalue weighted by Gasteiger charge is 2.30. The van der Waals surface area contributed by atoms with Crippen molar-refractivity contribution in [1.82, 2.24) is 4.90 Å². The number of esters is 1. The SMILES string of the molecule is COC(=O)[C@H]1CN(C(=O)c2cccc(OC)c2)CCS1. The number of carbonyl (C=O) groups is 2. The Bertz CT molecular complexity index is 506. The van der Waals surface area contributed by atoms with Crippen LogP contribution >= 0.6 is 11.8 Å². The van der Waals surface area contributed by atoms with E-state index in [4.69, 9.17) is 9.47 Å². The lowest BCUT2D eigenvalue weighted by molar-refractivity contribution is -0.140. The van der Waals surface area contributed by atoms with Gasteiger partial charge in [-0.3, -0.25) is 9.59 Å². The van der Waals surface area contributed by atoms with Gasteiger partial charge in [0.05, 0.1) is 14.2 Å². The molecule has 1 atom stereocenters. The predicted octanol–water partition coefficient (Wildman–Crippen LogP) is 1.43. The van der Waals surface area contributed by atoms with E-state index >= 15 is 0 Å². The van der Waals surface area contributed by atoms with Crippen LogP contribution in [0.15, 0.2) is 24.3 Å². The van der Waals surface area contributed by atoms with Gasteiger partial charge in [-0.15, -0.1) is 11.8 Å². The lowest BCUT2D eigenvalue weighted by Gasteiger charge is -2.31. The zero-order valence-corrected chi connectivity index (χ0v) is 12.3. The van der Waals surface area contributed by atoms with Crippen molar-refractivity contribution in [2.75, 3.05) is 33.1 Å². The molecular formula is C14H17NO4S. The molecule has 5 nitrogen and oxygen atoms in total. The van der Waals surface area contributed by atoms with Gasteiger partial charge in [0.1, 0.15) is 11.0 Å². The van der Waals surface area contributed by atoms with Crippen LogP contribution in [-0.4, -0.2) is 55.1 Å². The highest BCUT2D eigenvalue weighted by atomic mass is 32.2. The van der Waals surface area contributed by atoms with Crippen molar-refractivity contribution in [3.05, 3.63) is 29.8 Å². The van der Waals surface area contributed by atoms with E-state index in [1.54, 1.807) is 36.3 Å². The van der Waals surface area contributed by atoms with Crippen LogP contribution in [0, 0.1) is 0 Å². The Morgan fingerprint density at radius 2 is 2.15 bits per heavy atom. The summed E-state index contributed by atoms with van der Waals surface area (Å²) >= 11 is 1.53. The van der Waals surface area contributed by atoms with Crippen molar-refractivity contribution in [3.63, 3.8) is 0 Å². The van der Waals surface area contributed by atoms with Crippen LogP contribution in [0.3, 0.4) is 0 Å². The molecule has 1 aromatic carbocycles. The third kappa shape index (κ3) is 3.25. The van der Waals surface area contributed by atoms with Crippen LogP contribution in [0.2, 0.25) is 0 Å². The summed E-state index contributed by atoms with van der Waals surface area (Å²) in [7, 11) is 2.93. The molecule has 1 heterocycles. The van der Waals surface area contributed by atoms with Gasteiger partial charge in [0.25, 0.3) is 5.91 Å². The number of thioether (sulfide) groups is 1. The number of ether oxygens (including phenoxy) is 2. The normalized spacial score (nSPS) is 18.5. The van der Waals surface area contributed by atoms with E-state index in [2.05, 4.69) is 0 Å². The van der Waals surface area contributed by atoms with E-state index in [-0.39, 0.29) is 17.1 Å². The van der Waals surface area contributed by atoms with E-state index in [1.807, 2.05) is 0 Å². The minimum Gasteiger partial charge on any atom is -0.497 e. The van der Waals surface area contributed by atoms with E-state index in [0.717, 1.165) is 5.75 Å². The molecule has 20 heavy (non-hydrogen) atoms. The lowest BCUT2D eigenvalue weighted by atomic mass is 10.2. The second kappa shape index (κ2) is 6.65. The summed E-state index contributed by atoms with van der Waals surface area (Å²) in [6.45, 7) is 1.02. The van der Waals surface area contributed by atoms with Crippen molar-refractivity contribution < 1.29 is 19.1 Å². The van der Waals surface area contributed by atoms with E-state index in [0.29, 0.717) is 24.4 Å². The van der Waals surface area contributed by atoms with Gasteiger partial charge in [0, 0.05) is 24.4 Å². The van der Waals surface area contributed by atoms with Crippen molar-refractivity contribution >= 4 is 23.6 Å². The number of carbonyl (C=O) groups excluding carboxylic acids is 2. The molecule has 1 aromatic rings. The number of amides is 1. The summed E-state index contributed by atoms with van der Waals surface area (Å²) in [5, 5.41) is -0.302. The van der Waals surface area contributed by atoms with E-state index < -0.39 is 0 Å². The lowest BCUT2D eigenvalue weighted by Crippen LogP contribution is -2.44. The standard InChI is InChI=1S/C14H17NO4S/c1-18-11-5-3-4-10(8-11)13(16)15-6-7-20-12(9-15)14(17)19-2/h3-5,8,12H,6-7,9H2,1-2H3/t12-/m1/s1. The molecule has 1 aliphatic rings. The van der Waals surface area contributed by atoms with Crippen molar-refractivity contribution in [2.45, 2.75) is 5.25 Å². The zero-order chi connectivity index (χ0) is 14.5. The fourth-order valence-corrected chi connectivity index (χ4v) is 3.17. The third-order valence-corrected chi connectivity index (χ3v) is 4.30. The first-order valence-corrected chi connectivity index (χ1v) is 7.33. The Morgan fingerprint density at radius 3 is 2.85 bits per heavy atom. The summed E-state index contributed by atoms with van der Waals surface area (Å²) < 4.78 is 9.86. The molecule has 0 unspecified atom stereocenters. The predicted molar refractivity (Wildman–Crippen MR) is 77.2 cm³/mol. The fraction of sp³-hybridized carbons (Fsp3) is 0.429. The smallest absolute Gasteiger partial charge is 0.320 e. The number of rotatable bonds is 3. The van der Waals surface area contributed by atoms with Crippen LogP contribution in [0.25, 0.3) is 0 Å². The molecule has 0 radical (unpaired) electrons. The number of hydrogen-bond acceptors (Lipinski definition) is 5. The average Bonchev–Trinajstić information content (AvgIpc) is 2.53. The van der Waals surface area contributed by atoms with Crippen LogP contribution in [-0.2, 0) is 9.53 Å². The van der Waals surface area contributed by atoms with Gasteiger partial charge < -0.3 is 14.4 Å². The van der Waals surface area contributed by atoms with Crippen molar-refractivity contribution in [2.24, 2.45) is 0 Å². The molecular weight excluding hydrogens is 278 g/mol. The van der Waals surface area contributed by atoms with Crippen molar-refractivity contribution in [1.29, 1.82) is 0 Å². The molecule has 0 N–H and O–H groups in total. The number of benzene rings is 1. The quantitative estimate of drug-likeness (QED) is 0.790. The minimum absolute atomic E-state index is 0.0851. The average molecular weight is 295 g/mol. The summed E-state index contributed by atoms with van der Waals surface area (Å²) in [5.41, 5.74) is 0.569. The third-order valence-electron chi connectivity index (χ3n) is 3.13. The first-order chi connectivity index (χ1) is 9.65. The molecule has 1 fully saturated rings. The zero-order valence-electron chi connectivity index (χ0n) is 11.5. The van der Waals surface area contributed by atoms with Crippen LogP contribution < -0.4 is 4.74 Å². The Hall–Kier alpha value is -1.69. The van der Waals surface area contributed by atoms with Gasteiger partial charge >= 0.3 is 5.97 Å². The van der Waals surface area contributed by atoms with Crippen LogP contribution in [0.1, 0.15) is 10.4 Å². The summed E-state index contributed by atoms with van der Waals surface area (Å²) in [5.74, 6) is 1.01. The Morgan fingerprint density at radius 1 is 1.35 bits per heavy atom. The molecule has 108 valence electrons. The maximum absolute atomic E-state index is 12.4. The first kappa shape index (κ1) is 14.7. The highest BCUT2D eigenvalue weighted by molar-refractivity contribution is 8.00. The minimum atomic E-state index is -0.302. The number of nitrogens with zero attached hydrogens (tertiary/aromatic N) is 1. The number of methoxy groups -OCH3 is 2. The monoisotopic (exact) mass is 295 g/mol. The van der Waals surface area contributed by atoms with Gasteiger partial charge in [0.15, 0.2) is 0 Å². The van der Waals surface area contributed by atoms with Gasteiger partial charge in [-0.2, -0.15) is 0 Å². The van der Waals surface area contributed by atoms with Gasteiger partial charge in [-0.05, 0) is 18.2 Å². The molecule has 1 amide bonds. The molecule has 1 aliphatic heterocycles. The molecule has 0 saturated carbocycles. The van der Waals surface area contributed by atoms with Gasteiger partial charge in [0.2, 0.25) is 0 Å². The molecule has 0 aromatic heterocycles. The number of hydrogen-bond donors (Lipinski definition) is 0. The molecule has 0 spiro atoms.